The molecule has 1 saturated carbocycles. The van der Waals surface area contributed by atoms with Crippen molar-refractivity contribution in [1.29, 1.82) is 0 Å². The Morgan fingerprint density at radius 2 is 1.98 bits per heavy atom. The zero-order chi connectivity index (χ0) is 29.0. The van der Waals surface area contributed by atoms with Crippen LogP contribution in [0.3, 0.4) is 0 Å². The molecule has 0 spiro atoms. The number of carbonyl (C=O) groups is 2. The lowest BCUT2D eigenvalue weighted by molar-refractivity contribution is -0.117. The van der Waals surface area contributed by atoms with Crippen molar-refractivity contribution < 1.29 is 18.7 Å². The van der Waals surface area contributed by atoms with E-state index in [-0.39, 0.29) is 28.0 Å². The third-order valence-corrected chi connectivity index (χ3v) is 7.34. The molecule has 2 aromatic heterocycles. The minimum atomic E-state index is -1.33. The summed E-state index contributed by atoms with van der Waals surface area (Å²) in [6.45, 7) is 9.92. The number of amidine groups is 1. The maximum Gasteiger partial charge on any atom is 0.259 e. The van der Waals surface area contributed by atoms with Gasteiger partial charge in [0.05, 0.1) is 24.6 Å². The highest BCUT2D eigenvalue weighted by molar-refractivity contribution is 8.14. The molecule has 2 N–H and O–H groups in total. The average Bonchev–Trinajstić information content (AvgIpc) is 3.59. The van der Waals surface area contributed by atoms with Crippen molar-refractivity contribution in [2.24, 2.45) is 16.4 Å². The zero-order valence-corrected chi connectivity index (χ0v) is 24.5. The van der Waals surface area contributed by atoms with E-state index in [0.29, 0.717) is 46.7 Å². The topological polar surface area (TPSA) is 109 Å². The Bertz CT molecular complexity index is 1380. The van der Waals surface area contributed by atoms with E-state index in [1.165, 1.54) is 38.2 Å². The minimum absolute atomic E-state index is 0.0495. The molecule has 0 bridgehead atoms. The van der Waals surface area contributed by atoms with Crippen LogP contribution in [0.25, 0.3) is 11.1 Å². The highest BCUT2D eigenvalue weighted by atomic mass is 32.2. The summed E-state index contributed by atoms with van der Waals surface area (Å²) in [5, 5.41) is 7.17. The van der Waals surface area contributed by atoms with Crippen LogP contribution in [0.1, 0.15) is 76.1 Å². The van der Waals surface area contributed by atoms with Crippen LogP contribution in [0, 0.1) is 23.2 Å². The van der Waals surface area contributed by atoms with Gasteiger partial charge in [0.1, 0.15) is 17.7 Å². The summed E-state index contributed by atoms with van der Waals surface area (Å²) in [4.78, 5) is 36.5. The Balaban J connectivity index is 0.00000181. The van der Waals surface area contributed by atoms with Gasteiger partial charge in [-0.1, -0.05) is 39.5 Å². The number of nitrogens with zero attached hydrogens (tertiary/aromatic N) is 4. The molecular weight excluding hydrogens is 531 g/mol. The molecule has 2 fully saturated rings. The number of hydrogen-bond donors (Lipinski definition) is 2. The van der Waals surface area contributed by atoms with Gasteiger partial charge in [-0.3, -0.25) is 30.2 Å². The van der Waals surface area contributed by atoms with Crippen molar-refractivity contribution in [2.45, 2.75) is 65.4 Å². The number of methoxy groups -OCH3 is 1. The molecule has 11 heteroatoms. The van der Waals surface area contributed by atoms with E-state index in [0.717, 1.165) is 12.8 Å². The summed E-state index contributed by atoms with van der Waals surface area (Å²) in [5.74, 6) is 7.05. The smallest absolute Gasteiger partial charge is 0.259 e. The number of amides is 2. The van der Waals surface area contributed by atoms with Crippen LogP contribution in [-0.2, 0) is 4.79 Å². The van der Waals surface area contributed by atoms with Crippen molar-refractivity contribution in [3.63, 3.8) is 0 Å². The number of hydrogen-bond acceptors (Lipinski definition) is 8. The quantitative estimate of drug-likeness (QED) is 0.488. The normalized spacial score (nSPS) is 19.9. The van der Waals surface area contributed by atoms with Crippen LogP contribution in [0.15, 0.2) is 29.6 Å². The van der Waals surface area contributed by atoms with E-state index in [2.05, 4.69) is 37.7 Å². The molecule has 4 heterocycles. The van der Waals surface area contributed by atoms with Crippen molar-refractivity contribution in [1.82, 2.24) is 20.7 Å². The predicted molar refractivity (Wildman–Crippen MR) is 156 cm³/mol. The fourth-order valence-electron chi connectivity index (χ4n) is 4.32. The molecule has 2 atom stereocenters. The fourth-order valence-corrected chi connectivity index (χ4v) is 5.03. The number of ether oxygens (including phenoxy) is 1. The number of carbonyl (C=O) groups excluding carboxylic acids is 2. The summed E-state index contributed by atoms with van der Waals surface area (Å²) >= 11 is 1.32. The number of halogens is 1. The molecule has 2 aliphatic heterocycles. The third kappa shape index (κ3) is 6.73. The Hall–Kier alpha value is -3.65. The van der Waals surface area contributed by atoms with Crippen molar-refractivity contribution in [3.8, 4) is 28.7 Å². The summed E-state index contributed by atoms with van der Waals surface area (Å²) in [5.41, 5.74) is 4.04. The minimum Gasteiger partial charge on any atom is -0.494 e. The molecule has 3 aliphatic rings. The second-order valence-corrected chi connectivity index (χ2v) is 11.5. The summed E-state index contributed by atoms with van der Waals surface area (Å²) in [6, 6.07) is 3.23. The average molecular weight is 567 g/mol. The fraction of sp³-hybridized carbons (Fsp3) is 0.483. The van der Waals surface area contributed by atoms with Crippen LogP contribution in [0.4, 0.5) is 10.2 Å². The van der Waals surface area contributed by atoms with Gasteiger partial charge in [0.2, 0.25) is 5.91 Å². The third-order valence-electron chi connectivity index (χ3n) is 6.46. The Morgan fingerprint density at radius 3 is 2.60 bits per heavy atom. The number of alkyl halides is 1. The monoisotopic (exact) mass is 566 g/mol. The van der Waals surface area contributed by atoms with E-state index < -0.39 is 12.1 Å². The largest absolute Gasteiger partial charge is 0.494 e. The van der Waals surface area contributed by atoms with Crippen molar-refractivity contribution in [2.75, 3.05) is 18.6 Å². The van der Waals surface area contributed by atoms with Gasteiger partial charge in [0.25, 0.3) is 5.91 Å². The van der Waals surface area contributed by atoms with Crippen molar-refractivity contribution >= 4 is 34.6 Å². The van der Waals surface area contributed by atoms with Gasteiger partial charge in [-0.05, 0) is 49.1 Å². The second kappa shape index (κ2) is 12.3. The highest BCUT2D eigenvalue weighted by Crippen LogP contribution is 2.38. The van der Waals surface area contributed by atoms with E-state index >= 15 is 0 Å². The number of nitrogens with one attached hydrogen (secondary N) is 2. The van der Waals surface area contributed by atoms with E-state index in [4.69, 9.17) is 4.74 Å². The van der Waals surface area contributed by atoms with Gasteiger partial charge in [0, 0.05) is 36.2 Å². The number of aromatic nitrogens is 2. The molecule has 40 heavy (non-hydrogen) atoms. The molecular formula is C29H35FN6O3S. The van der Waals surface area contributed by atoms with Gasteiger partial charge < -0.3 is 4.74 Å². The number of thioether (sulfide) groups is 1. The van der Waals surface area contributed by atoms with Gasteiger partial charge >= 0.3 is 0 Å². The number of pyridine rings is 2. The molecule has 212 valence electrons. The van der Waals surface area contributed by atoms with E-state index in [9.17, 15) is 14.0 Å². The van der Waals surface area contributed by atoms with Crippen LogP contribution in [0.2, 0.25) is 0 Å². The molecule has 2 amide bonds. The molecule has 5 rings (SSSR count). The first-order chi connectivity index (χ1) is 19.1. The number of rotatable bonds is 5. The first kappa shape index (κ1) is 29.3. The number of anilines is 1. The molecule has 1 aliphatic carbocycles. The molecule has 1 saturated heterocycles. The zero-order valence-electron chi connectivity index (χ0n) is 23.7. The second-order valence-electron chi connectivity index (χ2n) is 10.4. The standard InChI is InChI=1S/C27H29FN6O3S.C2H6/c1-15(28)20-9-18(21(37-4)13-29-20)17-10-22(34-14-27(2,3)11-24(34)35)30-12-19(17)25(36)31-26-33-32-23(38-26)8-7-16-5-6-16;1-2/h9-10,12-13,15-16,23,32H,5-6,11,14H2,1-4H3,(H,31,33,36);1-2H3. The summed E-state index contributed by atoms with van der Waals surface area (Å²) in [7, 11) is 1.48. The van der Waals surface area contributed by atoms with Crippen LogP contribution >= 0.6 is 11.8 Å². The number of hydrazone groups is 1. The van der Waals surface area contributed by atoms with Gasteiger partial charge in [0.15, 0.2) is 10.5 Å². The predicted octanol–water partition coefficient (Wildman–Crippen LogP) is 5.05. The maximum atomic E-state index is 14.2. The first-order valence-electron chi connectivity index (χ1n) is 13.4. The van der Waals surface area contributed by atoms with Crippen LogP contribution in [0.5, 0.6) is 5.75 Å². The lowest BCUT2D eigenvalue weighted by atomic mass is 9.93. The SMILES string of the molecule is CC.COc1cnc(C(C)F)cc1-c1cc(N2CC(C)(C)CC2=O)ncc1C(=O)NC1=NNC(C#CC2CC2)S1. The maximum absolute atomic E-state index is 14.2. The molecule has 2 unspecified atom stereocenters. The Morgan fingerprint density at radius 1 is 1.23 bits per heavy atom. The van der Waals surface area contributed by atoms with Crippen LogP contribution in [-0.4, -0.2) is 46.0 Å². The molecule has 2 aromatic rings. The first-order valence-corrected chi connectivity index (χ1v) is 14.3. The van der Waals surface area contributed by atoms with E-state index in [1.54, 1.807) is 17.0 Å². The molecule has 9 nitrogen and oxygen atoms in total. The lowest BCUT2D eigenvalue weighted by Crippen LogP contribution is -2.30. The van der Waals surface area contributed by atoms with Crippen LogP contribution < -0.4 is 20.4 Å². The van der Waals surface area contributed by atoms with E-state index in [1.807, 2.05) is 27.7 Å². The molecule has 0 radical (unpaired) electrons. The Labute approximate surface area is 238 Å². The highest BCUT2D eigenvalue weighted by Gasteiger charge is 2.37. The molecule has 0 aromatic carbocycles. The van der Waals surface area contributed by atoms with Gasteiger partial charge in [-0.2, -0.15) is 5.10 Å². The van der Waals surface area contributed by atoms with Gasteiger partial charge in [-0.25, -0.2) is 9.37 Å². The van der Waals surface area contributed by atoms with Crippen molar-refractivity contribution in [3.05, 3.63) is 35.8 Å². The van der Waals surface area contributed by atoms with Gasteiger partial charge in [-0.15, -0.1) is 0 Å². The Kier molecular flexibility index (Phi) is 8.98. The summed E-state index contributed by atoms with van der Waals surface area (Å²) in [6.07, 6.45) is 4.17. The lowest BCUT2D eigenvalue weighted by Gasteiger charge is -2.21. The summed E-state index contributed by atoms with van der Waals surface area (Å²) < 4.78 is 19.7.